The third-order valence-corrected chi connectivity index (χ3v) is 4.23. The highest BCUT2D eigenvalue weighted by atomic mass is 32.2. The van der Waals surface area contributed by atoms with Crippen molar-refractivity contribution in [2.45, 2.75) is 17.9 Å². The number of thioether (sulfide) groups is 1. The molecule has 0 bridgehead atoms. The molecule has 22 heavy (non-hydrogen) atoms. The first-order valence-corrected chi connectivity index (χ1v) is 7.90. The molecule has 0 aliphatic carbocycles. The van der Waals surface area contributed by atoms with Crippen LogP contribution in [0.15, 0.2) is 53.4 Å². The van der Waals surface area contributed by atoms with Crippen LogP contribution in [0.4, 0.5) is 4.39 Å². The molecule has 0 radical (unpaired) electrons. The van der Waals surface area contributed by atoms with Gasteiger partial charge in [0.25, 0.3) is 0 Å². The Morgan fingerprint density at radius 3 is 2.64 bits per heavy atom. The van der Waals surface area contributed by atoms with Gasteiger partial charge in [0, 0.05) is 10.5 Å². The van der Waals surface area contributed by atoms with E-state index in [1.165, 1.54) is 17.8 Å². The molecule has 1 unspecified atom stereocenters. The molecule has 2 rings (SSSR count). The van der Waals surface area contributed by atoms with Crippen molar-refractivity contribution in [3.8, 4) is 5.75 Å². The van der Waals surface area contributed by atoms with Gasteiger partial charge in [-0.1, -0.05) is 30.3 Å². The summed E-state index contributed by atoms with van der Waals surface area (Å²) in [5.74, 6) is 0.447. The zero-order valence-electron chi connectivity index (χ0n) is 12.5. The molecule has 0 aliphatic rings. The summed E-state index contributed by atoms with van der Waals surface area (Å²) in [6, 6.07) is 13.8. The van der Waals surface area contributed by atoms with Gasteiger partial charge in [0.15, 0.2) is 0 Å². The van der Waals surface area contributed by atoms with Crippen LogP contribution in [0.2, 0.25) is 0 Å². The minimum absolute atomic E-state index is 0.147. The summed E-state index contributed by atoms with van der Waals surface area (Å²) in [5, 5.41) is 2.90. The highest BCUT2D eigenvalue weighted by Crippen LogP contribution is 2.25. The average Bonchev–Trinajstić information content (AvgIpc) is 2.54. The fourth-order valence-electron chi connectivity index (χ4n) is 2.09. The topological polar surface area (TPSA) is 38.3 Å². The number of nitrogens with one attached hydrogen (secondary N) is 1. The Bertz CT molecular complexity index is 648. The lowest BCUT2D eigenvalue weighted by Gasteiger charge is -2.17. The van der Waals surface area contributed by atoms with Gasteiger partial charge in [0.1, 0.15) is 11.6 Å². The zero-order chi connectivity index (χ0) is 15.9. The van der Waals surface area contributed by atoms with Gasteiger partial charge in [-0.05, 0) is 25.1 Å². The molecule has 1 amide bonds. The van der Waals surface area contributed by atoms with Crippen LogP contribution in [-0.2, 0) is 4.79 Å². The molecule has 2 aromatic carbocycles. The lowest BCUT2D eigenvalue weighted by molar-refractivity contribution is -0.119. The largest absolute Gasteiger partial charge is 0.496 e. The van der Waals surface area contributed by atoms with Gasteiger partial charge in [0.05, 0.1) is 18.9 Å². The molecule has 3 nitrogen and oxygen atoms in total. The predicted octanol–water partition coefficient (Wildman–Crippen LogP) is 3.80. The van der Waals surface area contributed by atoms with Crippen LogP contribution in [0, 0.1) is 5.82 Å². The number of halogens is 1. The van der Waals surface area contributed by atoms with E-state index >= 15 is 0 Å². The summed E-state index contributed by atoms with van der Waals surface area (Å²) in [6.07, 6.45) is 0. The Labute approximate surface area is 133 Å². The van der Waals surface area contributed by atoms with E-state index in [1.54, 1.807) is 25.3 Å². The predicted molar refractivity (Wildman–Crippen MR) is 86.7 cm³/mol. The number of hydrogen-bond donors (Lipinski definition) is 1. The maximum atomic E-state index is 13.5. The summed E-state index contributed by atoms with van der Waals surface area (Å²) in [7, 11) is 1.60. The second kappa shape index (κ2) is 7.84. The van der Waals surface area contributed by atoms with Crippen molar-refractivity contribution < 1.29 is 13.9 Å². The van der Waals surface area contributed by atoms with Crippen LogP contribution in [0.25, 0.3) is 0 Å². The molecular formula is C17H18FNO2S. The molecule has 2 aromatic rings. The molecule has 1 N–H and O–H groups in total. The van der Waals surface area contributed by atoms with Crippen LogP contribution in [0.3, 0.4) is 0 Å². The van der Waals surface area contributed by atoms with Crippen molar-refractivity contribution in [1.82, 2.24) is 5.32 Å². The number of ether oxygens (including phenoxy) is 1. The van der Waals surface area contributed by atoms with E-state index in [-0.39, 0.29) is 23.5 Å². The van der Waals surface area contributed by atoms with Gasteiger partial charge in [-0.3, -0.25) is 4.79 Å². The van der Waals surface area contributed by atoms with E-state index in [0.29, 0.717) is 4.90 Å². The lowest BCUT2D eigenvalue weighted by atomic mass is 10.1. The van der Waals surface area contributed by atoms with Crippen molar-refractivity contribution in [3.05, 3.63) is 59.9 Å². The summed E-state index contributed by atoms with van der Waals surface area (Å²) in [5.41, 5.74) is 0.911. The van der Waals surface area contributed by atoms with Crippen molar-refractivity contribution in [2.75, 3.05) is 12.9 Å². The quantitative estimate of drug-likeness (QED) is 0.823. The van der Waals surface area contributed by atoms with Crippen LogP contribution < -0.4 is 10.1 Å². The molecule has 5 heteroatoms. The number of carbonyl (C=O) groups excluding carboxylic acids is 1. The van der Waals surface area contributed by atoms with Crippen LogP contribution in [-0.4, -0.2) is 18.8 Å². The molecule has 0 fully saturated rings. The lowest BCUT2D eigenvalue weighted by Crippen LogP contribution is -2.28. The van der Waals surface area contributed by atoms with Crippen molar-refractivity contribution in [1.29, 1.82) is 0 Å². The molecule has 0 heterocycles. The standard InChI is InChI=1S/C17H18FNO2S/c1-12(13-7-3-5-9-15(13)21-2)19-17(20)11-22-16-10-6-4-8-14(16)18/h3-10,12H,11H2,1-2H3,(H,19,20). The van der Waals surface area contributed by atoms with Crippen molar-refractivity contribution in [3.63, 3.8) is 0 Å². The van der Waals surface area contributed by atoms with E-state index in [0.717, 1.165) is 11.3 Å². The van der Waals surface area contributed by atoms with Crippen LogP contribution in [0.1, 0.15) is 18.5 Å². The number of carbonyl (C=O) groups is 1. The van der Waals surface area contributed by atoms with Gasteiger partial charge >= 0.3 is 0 Å². The maximum Gasteiger partial charge on any atom is 0.230 e. The molecule has 116 valence electrons. The normalized spacial score (nSPS) is 11.8. The fourth-order valence-corrected chi connectivity index (χ4v) is 2.84. The second-order valence-electron chi connectivity index (χ2n) is 4.75. The molecule has 0 spiro atoms. The van der Waals surface area contributed by atoms with Crippen LogP contribution >= 0.6 is 11.8 Å². The number of benzene rings is 2. The van der Waals surface area contributed by atoms with E-state index in [9.17, 15) is 9.18 Å². The summed E-state index contributed by atoms with van der Waals surface area (Å²) in [6.45, 7) is 1.89. The summed E-state index contributed by atoms with van der Waals surface area (Å²) < 4.78 is 18.8. The number of hydrogen-bond acceptors (Lipinski definition) is 3. The van der Waals surface area contributed by atoms with E-state index in [4.69, 9.17) is 4.74 Å². The molecule has 0 aliphatic heterocycles. The van der Waals surface area contributed by atoms with Gasteiger partial charge in [-0.15, -0.1) is 11.8 Å². The highest BCUT2D eigenvalue weighted by molar-refractivity contribution is 8.00. The molecule has 0 saturated carbocycles. The summed E-state index contributed by atoms with van der Waals surface area (Å²) in [4.78, 5) is 12.5. The number of rotatable bonds is 6. The Morgan fingerprint density at radius 2 is 1.91 bits per heavy atom. The van der Waals surface area contributed by atoms with Crippen LogP contribution in [0.5, 0.6) is 5.75 Å². The Morgan fingerprint density at radius 1 is 1.23 bits per heavy atom. The maximum absolute atomic E-state index is 13.5. The SMILES string of the molecule is COc1ccccc1C(C)NC(=O)CSc1ccccc1F. The Kier molecular flexibility index (Phi) is 5.83. The highest BCUT2D eigenvalue weighted by Gasteiger charge is 2.14. The summed E-state index contributed by atoms with van der Waals surface area (Å²) >= 11 is 1.18. The third-order valence-electron chi connectivity index (χ3n) is 3.18. The molecular weight excluding hydrogens is 301 g/mol. The fraction of sp³-hybridized carbons (Fsp3) is 0.235. The first kappa shape index (κ1) is 16.4. The number of methoxy groups -OCH3 is 1. The molecule has 0 saturated heterocycles. The van der Waals surface area contributed by atoms with E-state index in [1.807, 2.05) is 31.2 Å². The van der Waals surface area contributed by atoms with Gasteiger partial charge in [-0.25, -0.2) is 4.39 Å². The number of amides is 1. The molecule has 0 aromatic heterocycles. The van der Waals surface area contributed by atoms with Gasteiger partial charge < -0.3 is 10.1 Å². The zero-order valence-corrected chi connectivity index (χ0v) is 13.3. The van der Waals surface area contributed by atoms with Crippen molar-refractivity contribution >= 4 is 17.7 Å². The first-order valence-electron chi connectivity index (χ1n) is 6.91. The average molecular weight is 319 g/mol. The Balaban J connectivity index is 1.93. The van der Waals surface area contributed by atoms with Crippen molar-refractivity contribution in [2.24, 2.45) is 0 Å². The van der Waals surface area contributed by atoms with E-state index in [2.05, 4.69) is 5.32 Å². The van der Waals surface area contributed by atoms with E-state index < -0.39 is 0 Å². The smallest absolute Gasteiger partial charge is 0.230 e. The Hall–Kier alpha value is -2.01. The second-order valence-corrected chi connectivity index (χ2v) is 5.77. The molecule has 1 atom stereocenters. The monoisotopic (exact) mass is 319 g/mol. The number of para-hydroxylation sites is 1. The van der Waals surface area contributed by atoms with Gasteiger partial charge in [0.2, 0.25) is 5.91 Å². The van der Waals surface area contributed by atoms with Gasteiger partial charge in [-0.2, -0.15) is 0 Å². The third kappa shape index (κ3) is 4.24. The minimum atomic E-state index is -0.307. The first-order chi connectivity index (χ1) is 10.6. The minimum Gasteiger partial charge on any atom is -0.496 e.